The van der Waals surface area contributed by atoms with Gasteiger partial charge in [0, 0.05) is 30.9 Å². The molecule has 27 heavy (non-hydrogen) atoms. The Morgan fingerprint density at radius 2 is 2.11 bits per heavy atom. The van der Waals surface area contributed by atoms with E-state index in [1.807, 2.05) is 4.90 Å². The molecule has 1 aliphatic heterocycles. The predicted octanol–water partition coefficient (Wildman–Crippen LogP) is 2.81. The molecule has 8 nitrogen and oxygen atoms in total. The van der Waals surface area contributed by atoms with Gasteiger partial charge in [0.2, 0.25) is 0 Å². The first-order chi connectivity index (χ1) is 12.6. The summed E-state index contributed by atoms with van der Waals surface area (Å²) >= 11 is 0. The third kappa shape index (κ3) is 4.84. The Kier molecular flexibility index (Phi) is 7.32. The lowest BCUT2D eigenvalue weighted by Gasteiger charge is -2.34. The number of halogens is 1. The molecule has 1 aromatic carbocycles. The van der Waals surface area contributed by atoms with Crippen molar-refractivity contribution in [1.29, 1.82) is 0 Å². The van der Waals surface area contributed by atoms with E-state index in [0.29, 0.717) is 17.9 Å². The van der Waals surface area contributed by atoms with Crippen molar-refractivity contribution in [1.82, 2.24) is 20.0 Å². The van der Waals surface area contributed by atoms with Crippen LogP contribution in [0.5, 0.6) is 0 Å². The standard InChI is InChI=1S/C18H23N5O3.ClH/c1-2-11-21(14-6-9-19-10-7-14)18(24)17-8-12-22(20-17)15-4-3-5-16(13-15)23(25)26;/h3-5,8,12-14,19H,2,6-7,9-11H2,1H3;1H. The minimum atomic E-state index is -0.445. The van der Waals surface area contributed by atoms with Gasteiger partial charge in [0.15, 0.2) is 5.69 Å². The summed E-state index contributed by atoms with van der Waals surface area (Å²) in [6, 6.07) is 8.11. The van der Waals surface area contributed by atoms with Crippen LogP contribution in [0, 0.1) is 10.1 Å². The fraction of sp³-hybridized carbons (Fsp3) is 0.444. The summed E-state index contributed by atoms with van der Waals surface area (Å²) in [5.74, 6) is -0.0806. The van der Waals surface area contributed by atoms with Gasteiger partial charge in [-0.3, -0.25) is 14.9 Å². The molecule has 0 aliphatic carbocycles. The lowest BCUT2D eigenvalue weighted by atomic mass is 10.0. The van der Waals surface area contributed by atoms with Crippen molar-refractivity contribution < 1.29 is 9.72 Å². The molecule has 2 aromatic rings. The third-order valence-corrected chi connectivity index (χ3v) is 4.59. The first-order valence-corrected chi connectivity index (χ1v) is 8.92. The molecule has 1 N–H and O–H groups in total. The number of nitro groups is 1. The van der Waals surface area contributed by atoms with Crippen LogP contribution >= 0.6 is 12.4 Å². The number of carbonyl (C=O) groups is 1. The normalized spacial score (nSPS) is 14.4. The van der Waals surface area contributed by atoms with Gasteiger partial charge in [0.05, 0.1) is 10.6 Å². The van der Waals surface area contributed by atoms with Gasteiger partial charge >= 0.3 is 0 Å². The van der Waals surface area contributed by atoms with Crippen LogP contribution in [0.15, 0.2) is 36.5 Å². The molecule has 0 bridgehead atoms. The third-order valence-electron chi connectivity index (χ3n) is 4.59. The molecule has 0 saturated carbocycles. The number of carbonyl (C=O) groups excluding carboxylic acids is 1. The van der Waals surface area contributed by atoms with Crippen LogP contribution in [0.25, 0.3) is 5.69 Å². The van der Waals surface area contributed by atoms with Crippen LogP contribution in [-0.4, -0.2) is 51.2 Å². The van der Waals surface area contributed by atoms with E-state index in [1.165, 1.54) is 16.8 Å². The van der Waals surface area contributed by atoms with Crippen LogP contribution < -0.4 is 5.32 Å². The molecule has 1 fully saturated rings. The van der Waals surface area contributed by atoms with E-state index < -0.39 is 4.92 Å². The van der Waals surface area contributed by atoms with Crippen LogP contribution in [0.1, 0.15) is 36.7 Å². The summed E-state index contributed by atoms with van der Waals surface area (Å²) in [5, 5.41) is 18.6. The van der Waals surface area contributed by atoms with Gasteiger partial charge in [-0.2, -0.15) is 5.10 Å². The Hall–Kier alpha value is -2.45. The van der Waals surface area contributed by atoms with Crippen molar-refractivity contribution >= 4 is 24.0 Å². The topological polar surface area (TPSA) is 93.3 Å². The van der Waals surface area contributed by atoms with Crippen molar-refractivity contribution in [3.63, 3.8) is 0 Å². The van der Waals surface area contributed by atoms with Crippen molar-refractivity contribution in [2.75, 3.05) is 19.6 Å². The average molecular weight is 394 g/mol. The first kappa shape index (κ1) is 20.9. The molecule has 0 unspecified atom stereocenters. The maximum Gasteiger partial charge on any atom is 0.274 e. The number of hydrogen-bond donors (Lipinski definition) is 1. The molecule has 2 heterocycles. The molecule has 146 valence electrons. The first-order valence-electron chi connectivity index (χ1n) is 8.92. The van der Waals surface area contributed by atoms with E-state index >= 15 is 0 Å². The maximum absolute atomic E-state index is 13.0. The Balaban J connectivity index is 0.00000261. The SMILES string of the molecule is CCCN(C(=O)c1ccn(-c2cccc([N+](=O)[O-])c2)n1)C1CCNCC1.Cl. The molecule has 1 aromatic heterocycles. The highest BCUT2D eigenvalue weighted by Gasteiger charge is 2.27. The zero-order chi connectivity index (χ0) is 18.5. The zero-order valence-electron chi connectivity index (χ0n) is 15.2. The number of aromatic nitrogens is 2. The van der Waals surface area contributed by atoms with Gasteiger partial charge < -0.3 is 10.2 Å². The molecule has 0 spiro atoms. The average Bonchev–Trinajstić information content (AvgIpc) is 3.16. The summed E-state index contributed by atoms with van der Waals surface area (Å²) in [7, 11) is 0. The lowest BCUT2D eigenvalue weighted by Crippen LogP contribution is -2.46. The number of nitro benzene ring substituents is 1. The van der Waals surface area contributed by atoms with Crippen LogP contribution in [-0.2, 0) is 0 Å². The van der Waals surface area contributed by atoms with Crippen molar-refractivity contribution in [2.24, 2.45) is 0 Å². The summed E-state index contributed by atoms with van der Waals surface area (Å²) < 4.78 is 1.51. The van der Waals surface area contributed by atoms with Gasteiger partial charge in [-0.05, 0) is 44.5 Å². The highest BCUT2D eigenvalue weighted by molar-refractivity contribution is 5.92. The highest BCUT2D eigenvalue weighted by Crippen LogP contribution is 2.19. The largest absolute Gasteiger partial charge is 0.334 e. The zero-order valence-corrected chi connectivity index (χ0v) is 16.0. The second kappa shape index (κ2) is 9.48. The number of piperidine rings is 1. The van der Waals surface area contributed by atoms with Crippen molar-refractivity contribution in [3.8, 4) is 5.69 Å². The second-order valence-corrected chi connectivity index (χ2v) is 6.40. The Morgan fingerprint density at radius 1 is 1.37 bits per heavy atom. The number of non-ortho nitro benzene ring substituents is 1. The number of rotatable bonds is 6. The Bertz CT molecular complexity index is 789. The van der Waals surface area contributed by atoms with E-state index in [1.54, 1.807) is 24.4 Å². The van der Waals surface area contributed by atoms with E-state index in [4.69, 9.17) is 0 Å². The molecule has 0 radical (unpaired) electrons. The van der Waals surface area contributed by atoms with E-state index in [0.717, 1.165) is 32.4 Å². The molecule has 9 heteroatoms. The van der Waals surface area contributed by atoms with E-state index in [-0.39, 0.29) is 30.0 Å². The van der Waals surface area contributed by atoms with Gasteiger partial charge in [-0.25, -0.2) is 4.68 Å². The second-order valence-electron chi connectivity index (χ2n) is 6.40. The Morgan fingerprint density at radius 3 is 2.78 bits per heavy atom. The lowest BCUT2D eigenvalue weighted by molar-refractivity contribution is -0.384. The predicted molar refractivity (Wildman–Crippen MR) is 105 cm³/mol. The van der Waals surface area contributed by atoms with Gasteiger partial charge in [0.25, 0.3) is 11.6 Å². The van der Waals surface area contributed by atoms with Gasteiger partial charge in [-0.15, -0.1) is 12.4 Å². The number of hydrogen-bond acceptors (Lipinski definition) is 5. The molecular formula is C18H24ClN5O3. The van der Waals surface area contributed by atoms with Gasteiger partial charge in [0.1, 0.15) is 0 Å². The molecule has 3 rings (SSSR count). The molecule has 1 amide bonds. The van der Waals surface area contributed by atoms with Crippen LogP contribution in [0.2, 0.25) is 0 Å². The fourth-order valence-corrected chi connectivity index (χ4v) is 3.29. The van der Waals surface area contributed by atoms with Crippen LogP contribution in [0.3, 0.4) is 0 Å². The summed E-state index contributed by atoms with van der Waals surface area (Å²) in [6.07, 6.45) is 4.44. The van der Waals surface area contributed by atoms with Crippen molar-refractivity contribution in [2.45, 2.75) is 32.2 Å². The fourth-order valence-electron chi connectivity index (χ4n) is 3.29. The Labute approximate surface area is 164 Å². The smallest absolute Gasteiger partial charge is 0.274 e. The van der Waals surface area contributed by atoms with Gasteiger partial charge in [-0.1, -0.05) is 13.0 Å². The molecular weight excluding hydrogens is 370 g/mol. The highest BCUT2D eigenvalue weighted by atomic mass is 35.5. The molecule has 0 atom stereocenters. The van der Waals surface area contributed by atoms with Crippen molar-refractivity contribution in [3.05, 3.63) is 52.3 Å². The quantitative estimate of drug-likeness (QED) is 0.601. The number of nitrogens with one attached hydrogen (secondary N) is 1. The minimum absolute atomic E-state index is 0. The number of nitrogens with zero attached hydrogens (tertiary/aromatic N) is 4. The maximum atomic E-state index is 13.0. The number of benzene rings is 1. The van der Waals surface area contributed by atoms with E-state index in [9.17, 15) is 14.9 Å². The monoisotopic (exact) mass is 393 g/mol. The van der Waals surface area contributed by atoms with E-state index in [2.05, 4.69) is 17.3 Å². The molecule has 1 aliphatic rings. The number of amides is 1. The minimum Gasteiger partial charge on any atom is -0.334 e. The summed E-state index contributed by atoms with van der Waals surface area (Å²) in [4.78, 5) is 25.4. The molecule has 1 saturated heterocycles. The summed E-state index contributed by atoms with van der Waals surface area (Å²) in [6.45, 7) is 4.59. The van der Waals surface area contributed by atoms with Crippen LogP contribution in [0.4, 0.5) is 5.69 Å². The summed E-state index contributed by atoms with van der Waals surface area (Å²) in [5.41, 5.74) is 0.916.